The molecule has 0 saturated carbocycles. The Morgan fingerprint density at radius 1 is 1.00 bits per heavy atom. The molecule has 0 bridgehead atoms. The van der Waals surface area contributed by atoms with E-state index in [0.29, 0.717) is 45.7 Å². The van der Waals surface area contributed by atoms with Crippen LogP contribution in [0.3, 0.4) is 0 Å². The first kappa shape index (κ1) is 16.9. The van der Waals surface area contributed by atoms with Crippen molar-refractivity contribution in [1.82, 2.24) is 14.7 Å². The Morgan fingerprint density at radius 3 is 1.95 bits per heavy atom. The van der Waals surface area contributed by atoms with Crippen molar-refractivity contribution in [3.05, 3.63) is 0 Å². The molecule has 1 fully saturated rings. The number of likely N-dealkylation sites (N-methyl/N-ethyl adjacent to an activating group) is 1. The zero-order chi connectivity index (χ0) is 15.0. The number of carbonyl (C=O) groups excluding carboxylic acids is 2. The summed E-state index contributed by atoms with van der Waals surface area (Å²) in [6, 6.07) is 0. The number of rotatable bonds is 7. The van der Waals surface area contributed by atoms with Crippen LogP contribution in [0.15, 0.2) is 0 Å². The molecule has 0 aromatic carbocycles. The summed E-state index contributed by atoms with van der Waals surface area (Å²) in [4.78, 5) is 29.8. The first-order valence-corrected chi connectivity index (χ1v) is 7.60. The predicted molar refractivity (Wildman–Crippen MR) is 79.2 cm³/mol. The highest BCUT2D eigenvalue weighted by Gasteiger charge is 2.24. The third-order valence-corrected chi connectivity index (χ3v) is 3.83. The average Bonchev–Trinajstić information content (AvgIpc) is 2.50. The smallest absolute Gasteiger partial charge is 0.236 e. The molecule has 0 aromatic heterocycles. The Kier molecular flexibility index (Phi) is 7.54. The molecule has 6 heteroatoms. The normalized spacial score (nSPS) is 15.8. The van der Waals surface area contributed by atoms with Gasteiger partial charge in [0.05, 0.1) is 6.54 Å². The first-order chi connectivity index (χ1) is 9.62. The number of hydrogen-bond acceptors (Lipinski definition) is 4. The van der Waals surface area contributed by atoms with E-state index in [1.54, 1.807) is 0 Å². The molecule has 1 aliphatic heterocycles. The zero-order valence-corrected chi connectivity index (χ0v) is 12.8. The van der Waals surface area contributed by atoms with Crippen LogP contribution in [0, 0.1) is 0 Å². The van der Waals surface area contributed by atoms with Crippen LogP contribution in [0.4, 0.5) is 0 Å². The van der Waals surface area contributed by atoms with E-state index in [0.717, 1.165) is 19.5 Å². The Morgan fingerprint density at radius 2 is 1.50 bits per heavy atom. The van der Waals surface area contributed by atoms with Crippen molar-refractivity contribution in [1.29, 1.82) is 0 Å². The van der Waals surface area contributed by atoms with Gasteiger partial charge in [0, 0.05) is 32.6 Å². The van der Waals surface area contributed by atoms with Crippen molar-refractivity contribution >= 4 is 11.8 Å². The maximum atomic E-state index is 12.1. The minimum atomic E-state index is 0.159. The SMILES string of the molecule is CCN(CC)CC(=O)N1CCN(C(=O)CCCN)CC1. The number of nitrogens with zero attached hydrogens (tertiary/aromatic N) is 3. The van der Waals surface area contributed by atoms with Crippen molar-refractivity contribution in [2.24, 2.45) is 5.73 Å². The molecule has 0 aromatic rings. The van der Waals surface area contributed by atoms with Gasteiger partial charge in [-0.1, -0.05) is 13.8 Å². The molecule has 0 atom stereocenters. The van der Waals surface area contributed by atoms with E-state index >= 15 is 0 Å². The Bertz CT molecular complexity index is 310. The van der Waals surface area contributed by atoms with Gasteiger partial charge in [-0.25, -0.2) is 0 Å². The van der Waals surface area contributed by atoms with Crippen molar-refractivity contribution in [2.45, 2.75) is 26.7 Å². The molecule has 2 N–H and O–H groups in total. The topological polar surface area (TPSA) is 69.9 Å². The summed E-state index contributed by atoms with van der Waals surface area (Å²) in [5.41, 5.74) is 5.41. The molecule has 1 aliphatic rings. The molecule has 0 radical (unpaired) electrons. The lowest BCUT2D eigenvalue weighted by molar-refractivity contribution is -0.140. The van der Waals surface area contributed by atoms with Crippen LogP contribution in [-0.2, 0) is 9.59 Å². The van der Waals surface area contributed by atoms with Crippen LogP contribution in [0.1, 0.15) is 26.7 Å². The van der Waals surface area contributed by atoms with Crippen LogP contribution in [0.5, 0.6) is 0 Å². The molecule has 1 rings (SSSR count). The predicted octanol–water partition coefficient (Wildman–Crippen LogP) is -0.262. The maximum Gasteiger partial charge on any atom is 0.236 e. The van der Waals surface area contributed by atoms with E-state index in [1.807, 2.05) is 9.80 Å². The lowest BCUT2D eigenvalue weighted by Crippen LogP contribution is -2.52. The molecule has 1 heterocycles. The van der Waals surface area contributed by atoms with E-state index in [4.69, 9.17) is 5.73 Å². The largest absolute Gasteiger partial charge is 0.339 e. The van der Waals surface area contributed by atoms with Gasteiger partial charge >= 0.3 is 0 Å². The van der Waals surface area contributed by atoms with Gasteiger partial charge in [-0.15, -0.1) is 0 Å². The molecule has 20 heavy (non-hydrogen) atoms. The van der Waals surface area contributed by atoms with E-state index in [9.17, 15) is 9.59 Å². The molecule has 0 unspecified atom stereocenters. The van der Waals surface area contributed by atoms with Crippen molar-refractivity contribution in [3.8, 4) is 0 Å². The quantitative estimate of drug-likeness (QED) is 0.699. The fourth-order valence-corrected chi connectivity index (χ4v) is 2.36. The molecular formula is C14H28N4O2. The second kappa shape index (κ2) is 8.92. The minimum Gasteiger partial charge on any atom is -0.339 e. The highest BCUT2D eigenvalue weighted by atomic mass is 16.2. The fraction of sp³-hybridized carbons (Fsp3) is 0.857. The molecule has 1 saturated heterocycles. The summed E-state index contributed by atoms with van der Waals surface area (Å²) < 4.78 is 0. The maximum absolute atomic E-state index is 12.1. The van der Waals surface area contributed by atoms with E-state index in [-0.39, 0.29) is 11.8 Å². The highest BCUT2D eigenvalue weighted by Crippen LogP contribution is 2.06. The summed E-state index contributed by atoms with van der Waals surface area (Å²) in [7, 11) is 0. The number of piperazine rings is 1. The minimum absolute atomic E-state index is 0.159. The summed E-state index contributed by atoms with van der Waals surface area (Å²) in [6.07, 6.45) is 1.25. The fourth-order valence-electron chi connectivity index (χ4n) is 2.36. The summed E-state index contributed by atoms with van der Waals surface area (Å²) >= 11 is 0. The molecule has 0 spiro atoms. The summed E-state index contributed by atoms with van der Waals surface area (Å²) in [6.45, 7) is 9.52. The first-order valence-electron chi connectivity index (χ1n) is 7.60. The standard InChI is InChI=1S/C14H28N4O2/c1-3-16(4-2)12-14(20)18-10-8-17(9-11-18)13(19)6-5-7-15/h3-12,15H2,1-2H3. The average molecular weight is 284 g/mol. The van der Waals surface area contributed by atoms with Gasteiger partial charge in [-0.2, -0.15) is 0 Å². The molecule has 6 nitrogen and oxygen atoms in total. The zero-order valence-electron chi connectivity index (χ0n) is 12.8. The van der Waals surface area contributed by atoms with Gasteiger partial charge in [0.1, 0.15) is 0 Å². The lowest BCUT2D eigenvalue weighted by Gasteiger charge is -2.35. The van der Waals surface area contributed by atoms with Crippen LogP contribution in [0.2, 0.25) is 0 Å². The molecule has 116 valence electrons. The van der Waals surface area contributed by atoms with Crippen molar-refractivity contribution in [3.63, 3.8) is 0 Å². The number of hydrogen-bond donors (Lipinski definition) is 1. The van der Waals surface area contributed by atoms with E-state index in [2.05, 4.69) is 18.7 Å². The number of nitrogens with two attached hydrogens (primary N) is 1. The van der Waals surface area contributed by atoms with Crippen LogP contribution in [0.25, 0.3) is 0 Å². The van der Waals surface area contributed by atoms with Gasteiger partial charge in [0.15, 0.2) is 0 Å². The second-order valence-corrected chi connectivity index (χ2v) is 5.12. The van der Waals surface area contributed by atoms with Gasteiger partial charge < -0.3 is 15.5 Å². The lowest BCUT2D eigenvalue weighted by atomic mass is 10.2. The Balaban J connectivity index is 2.34. The third-order valence-electron chi connectivity index (χ3n) is 3.83. The molecule has 0 aliphatic carbocycles. The van der Waals surface area contributed by atoms with Gasteiger partial charge in [-0.3, -0.25) is 14.5 Å². The third kappa shape index (κ3) is 5.09. The van der Waals surface area contributed by atoms with Gasteiger partial charge in [0.25, 0.3) is 0 Å². The van der Waals surface area contributed by atoms with Gasteiger partial charge in [-0.05, 0) is 26.1 Å². The van der Waals surface area contributed by atoms with E-state index in [1.165, 1.54) is 0 Å². The summed E-state index contributed by atoms with van der Waals surface area (Å²) in [5.74, 6) is 0.328. The van der Waals surface area contributed by atoms with Crippen LogP contribution >= 0.6 is 0 Å². The Hall–Kier alpha value is -1.14. The number of carbonyl (C=O) groups is 2. The molecule has 2 amide bonds. The van der Waals surface area contributed by atoms with Gasteiger partial charge in [0.2, 0.25) is 11.8 Å². The van der Waals surface area contributed by atoms with Crippen LogP contribution < -0.4 is 5.73 Å². The second-order valence-electron chi connectivity index (χ2n) is 5.12. The molecular weight excluding hydrogens is 256 g/mol. The monoisotopic (exact) mass is 284 g/mol. The number of amides is 2. The summed E-state index contributed by atoms with van der Waals surface area (Å²) in [5, 5.41) is 0. The van der Waals surface area contributed by atoms with E-state index < -0.39 is 0 Å². The Labute approximate surface area is 121 Å². The van der Waals surface area contributed by atoms with Crippen molar-refractivity contribution < 1.29 is 9.59 Å². The highest BCUT2D eigenvalue weighted by molar-refractivity contribution is 5.79. The van der Waals surface area contributed by atoms with Crippen LogP contribution in [-0.4, -0.2) is 78.9 Å². The van der Waals surface area contributed by atoms with Crippen molar-refractivity contribution in [2.75, 3.05) is 52.4 Å².